The normalized spacial score (nSPS) is 13.3. The molecule has 2 aromatic rings. The minimum atomic E-state index is -3.03. The highest BCUT2D eigenvalue weighted by Crippen LogP contribution is 2.28. The van der Waals surface area contributed by atoms with Crippen LogP contribution >= 0.6 is 11.6 Å². The first-order valence-electron chi connectivity index (χ1n) is 6.45. The third-order valence-electron chi connectivity index (χ3n) is 3.12. The van der Waals surface area contributed by atoms with Crippen molar-refractivity contribution in [1.82, 2.24) is 4.98 Å². The number of nitrogens with one attached hydrogen (secondary N) is 1. The molecule has 0 aliphatic carbocycles. The minimum Gasteiger partial charge on any atom is -0.380 e. The van der Waals surface area contributed by atoms with E-state index in [1.165, 1.54) is 12.5 Å². The lowest BCUT2D eigenvalue weighted by molar-refractivity contribution is 0.595. The average Bonchev–Trinajstić information content (AvgIpc) is 2.40. The minimum absolute atomic E-state index is 0.0560. The van der Waals surface area contributed by atoms with E-state index in [-0.39, 0.29) is 17.3 Å². The van der Waals surface area contributed by atoms with Gasteiger partial charge in [-0.3, -0.25) is 4.98 Å². The van der Waals surface area contributed by atoms with Crippen LogP contribution in [-0.4, -0.2) is 31.5 Å². The zero-order valence-electron chi connectivity index (χ0n) is 11.7. The number of pyridine rings is 1. The number of hydrogen-bond donors (Lipinski definition) is 1. The highest BCUT2D eigenvalue weighted by atomic mass is 35.5. The molecule has 1 unspecified atom stereocenters. The molecule has 114 valence electrons. The molecule has 1 heterocycles. The zero-order valence-corrected chi connectivity index (χ0v) is 13.3. The van der Waals surface area contributed by atoms with Gasteiger partial charge in [0.25, 0.3) is 0 Å². The second-order valence-corrected chi connectivity index (χ2v) is 7.75. The molecule has 0 bridgehead atoms. The van der Waals surface area contributed by atoms with Crippen molar-refractivity contribution in [1.29, 1.82) is 0 Å². The van der Waals surface area contributed by atoms with Crippen molar-refractivity contribution in [3.8, 4) is 0 Å². The SMILES string of the molecule is CC(CCS(C)(=O)=O)Nc1ccc2c(Cl)ccnc2c1F. The van der Waals surface area contributed by atoms with Gasteiger partial charge >= 0.3 is 0 Å². The van der Waals surface area contributed by atoms with Gasteiger partial charge in [0.15, 0.2) is 5.82 Å². The van der Waals surface area contributed by atoms with Crippen molar-refractivity contribution in [2.24, 2.45) is 0 Å². The fourth-order valence-electron chi connectivity index (χ4n) is 1.99. The average molecular weight is 331 g/mol. The lowest BCUT2D eigenvalue weighted by Gasteiger charge is -2.16. The maximum absolute atomic E-state index is 14.4. The van der Waals surface area contributed by atoms with Crippen molar-refractivity contribution >= 4 is 38.0 Å². The van der Waals surface area contributed by atoms with Gasteiger partial charge < -0.3 is 5.32 Å². The van der Waals surface area contributed by atoms with Gasteiger partial charge in [0.1, 0.15) is 15.4 Å². The van der Waals surface area contributed by atoms with Crippen LogP contribution in [0.25, 0.3) is 10.9 Å². The lowest BCUT2D eigenvalue weighted by atomic mass is 10.1. The molecular weight excluding hydrogens is 315 g/mol. The molecule has 1 aromatic heterocycles. The van der Waals surface area contributed by atoms with Gasteiger partial charge in [-0.15, -0.1) is 0 Å². The molecule has 0 radical (unpaired) electrons. The summed E-state index contributed by atoms with van der Waals surface area (Å²) in [5.41, 5.74) is 0.487. The number of fused-ring (bicyclic) bond motifs is 1. The summed E-state index contributed by atoms with van der Waals surface area (Å²) in [5, 5.41) is 3.96. The van der Waals surface area contributed by atoms with Crippen LogP contribution in [0.3, 0.4) is 0 Å². The molecule has 1 aromatic carbocycles. The third kappa shape index (κ3) is 4.04. The Morgan fingerprint density at radius 3 is 2.76 bits per heavy atom. The van der Waals surface area contributed by atoms with Gasteiger partial charge in [0.2, 0.25) is 0 Å². The fraction of sp³-hybridized carbons (Fsp3) is 0.357. The second-order valence-electron chi connectivity index (χ2n) is 5.08. The number of anilines is 1. The molecule has 0 spiro atoms. The van der Waals surface area contributed by atoms with Gasteiger partial charge in [-0.2, -0.15) is 0 Å². The van der Waals surface area contributed by atoms with E-state index in [2.05, 4.69) is 10.3 Å². The molecule has 21 heavy (non-hydrogen) atoms. The second kappa shape index (κ2) is 6.15. The molecule has 0 amide bonds. The van der Waals surface area contributed by atoms with E-state index in [1.807, 2.05) is 0 Å². The summed E-state index contributed by atoms with van der Waals surface area (Å²) in [6, 6.07) is 4.71. The number of sulfone groups is 1. The summed E-state index contributed by atoms with van der Waals surface area (Å²) in [4.78, 5) is 4.00. The Hall–Kier alpha value is -1.40. The molecule has 7 heteroatoms. The van der Waals surface area contributed by atoms with Crippen LogP contribution in [0.1, 0.15) is 13.3 Å². The molecule has 1 atom stereocenters. The van der Waals surface area contributed by atoms with E-state index >= 15 is 0 Å². The van der Waals surface area contributed by atoms with E-state index < -0.39 is 15.7 Å². The highest BCUT2D eigenvalue weighted by molar-refractivity contribution is 7.90. The Kier molecular flexibility index (Phi) is 4.68. The van der Waals surface area contributed by atoms with Gasteiger partial charge in [0, 0.05) is 23.9 Å². The quantitative estimate of drug-likeness (QED) is 0.914. The van der Waals surface area contributed by atoms with Crippen LogP contribution in [0.2, 0.25) is 5.02 Å². The molecule has 2 rings (SSSR count). The van der Waals surface area contributed by atoms with Crippen LogP contribution < -0.4 is 5.32 Å². The first-order valence-corrected chi connectivity index (χ1v) is 8.89. The van der Waals surface area contributed by atoms with Crippen LogP contribution in [0.5, 0.6) is 0 Å². The zero-order chi connectivity index (χ0) is 15.6. The fourth-order valence-corrected chi connectivity index (χ4v) is 2.98. The third-order valence-corrected chi connectivity index (χ3v) is 4.43. The summed E-state index contributed by atoms with van der Waals surface area (Å²) in [7, 11) is -3.03. The summed E-state index contributed by atoms with van der Waals surface area (Å²) >= 11 is 5.99. The Morgan fingerprint density at radius 1 is 1.38 bits per heavy atom. The van der Waals surface area contributed by atoms with E-state index in [0.29, 0.717) is 22.5 Å². The molecule has 0 aliphatic rings. The summed E-state index contributed by atoms with van der Waals surface area (Å²) in [5.74, 6) is -0.429. The number of rotatable bonds is 5. The van der Waals surface area contributed by atoms with Gasteiger partial charge in [-0.25, -0.2) is 12.8 Å². The Balaban J connectivity index is 2.21. The smallest absolute Gasteiger partial charge is 0.172 e. The monoisotopic (exact) mass is 330 g/mol. The van der Waals surface area contributed by atoms with E-state index in [0.717, 1.165) is 0 Å². The maximum atomic E-state index is 14.4. The lowest BCUT2D eigenvalue weighted by Crippen LogP contribution is -2.20. The van der Waals surface area contributed by atoms with E-state index in [1.54, 1.807) is 25.1 Å². The standard InChI is InChI=1S/C14H16ClFN2O2S/c1-9(6-8-21(2,19)20)18-12-4-3-10-11(15)5-7-17-14(10)13(12)16/h3-5,7,9,18H,6,8H2,1-2H3. The van der Waals surface area contributed by atoms with Crippen LogP contribution in [0, 0.1) is 5.82 Å². The molecule has 1 N–H and O–H groups in total. The van der Waals surface area contributed by atoms with Crippen molar-refractivity contribution < 1.29 is 12.8 Å². The van der Waals surface area contributed by atoms with Gasteiger partial charge in [-0.05, 0) is 31.5 Å². The summed E-state index contributed by atoms with van der Waals surface area (Å²) < 4.78 is 36.7. The molecule has 0 fully saturated rings. The van der Waals surface area contributed by atoms with E-state index in [4.69, 9.17) is 11.6 Å². The van der Waals surface area contributed by atoms with Crippen molar-refractivity contribution in [2.45, 2.75) is 19.4 Å². The van der Waals surface area contributed by atoms with Gasteiger partial charge in [0.05, 0.1) is 16.5 Å². The van der Waals surface area contributed by atoms with Crippen LogP contribution in [-0.2, 0) is 9.84 Å². The topological polar surface area (TPSA) is 59.1 Å². The molecule has 0 saturated heterocycles. The molecular formula is C14H16ClFN2O2S. The summed E-state index contributed by atoms with van der Waals surface area (Å²) in [6.07, 6.45) is 3.03. The number of halogens is 2. The number of aromatic nitrogens is 1. The molecule has 0 saturated carbocycles. The summed E-state index contributed by atoms with van der Waals surface area (Å²) in [6.45, 7) is 1.81. The van der Waals surface area contributed by atoms with Gasteiger partial charge in [-0.1, -0.05) is 11.6 Å². The first-order chi connectivity index (χ1) is 9.78. The van der Waals surface area contributed by atoms with Crippen LogP contribution in [0.4, 0.5) is 10.1 Å². The van der Waals surface area contributed by atoms with E-state index in [9.17, 15) is 12.8 Å². The Morgan fingerprint density at radius 2 is 2.10 bits per heavy atom. The first kappa shape index (κ1) is 16.0. The highest BCUT2D eigenvalue weighted by Gasteiger charge is 2.13. The number of benzene rings is 1. The van der Waals surface area contributed by atoms with Crippen LogP contribution in [0.15, 0.2) is 24.4 Å². The Labute approximate surface area is 128 Å². The predicted octanol–water partition coefficient (Wildman–Crippen LogP) is 3.26. The largest absolute Gasteiger partial charge is 0.380 e. The number of nitrogens with zero attached hydrogens (tertiary/aromatic N) is 1. The van der Waals surface area contributed by atoms with Crippen molar-refractivity contribution in [2.75, 3.05) is 17.3 Å². The van der Waals surface area contributed by atoms with Crippen molar-refractivity contribution in [3.05, 3.63) is 35.2 Å². The number of hydrogen-bond acceptors (Lipinski definition) is 4. The maximum Gasteiger partial charge on any atom is 0.172 e. The molecule has 0 aliphatic heterocycles. The van der Waals surface area contributed by atoms with Crippen molar-refractivity contribution in [3.63, 3.8) is 0 Å². The Bertz CT molecular complexity index is 765. The molecule has 4 nitrogen and oxygen atoms in total. The predicted molar refractivity (Wildman–Crippen MR) is 84.1 cm³/mol.